The third-order valence-corrected chi connectivity index (χ3v) is 5.28. The maximum atomic E-state index is 5.98. The molecule has 3 rings (SSSR count). The molecule has 1 aliphatic rings. The van der Waals surface area contributed by atoms with Crippen LogP contribution in [-0.4, -0.2) is 24.1 Å². The van der Waals surface area contributed by atoms with Crippen LogP contribution in [0.25, 0.3) is 0 Å². The van der Waals surface area contributed by atoms with Crippen LogP contribution < -0.4 is 15.4 Å². The molecule has 148 valence electrons. The molecule has 0 radical (unpaired) electrons. The topological polar surface area (TPSA) is 58.5 Å². The minimum Gasteiger partial charge on any atom is -0.493 e. The summed E-state index contributed by atoms with van der Waals surface area (Å²) in [5, 5.41) is 9.94. The molecule has 0 spiro atoms. The first kappa shape index (κ1) is 21.9. The van der Waals surface area contributed by atoms with Crippen LogP contribution in [0.2, 0.25) is 0 Å². The standard InChI is InChI=1S/C20H28N4OS.HI/c1-3-19-24-17(14-26-19)12-23-20(21-4-2)22-11-16-7-5-6-8-18(16)25-13-15-9-10-15;/h5-8,14-15H,3-4,9-13H2,1-2H3,(H2,21,22,23);1H. The molecule has 0 amide bonds. The third kappa shape index (κ3) is 7.29. The molecule has 1 aliphatic carbocycles. The van der Waals surface area contributed by atoms with Crippen LogP contribution in [0.15, 0.2) is 34.6 Å². The lowest BCUT2D eigenvalue weighted by Crippen LogP contribution is -2.36. The van der Waals surface area contributed by atoms with Gasteiger partial charge in [-0.3, -0.25) is 0 Å². The number of rotatable bonds is 9. The Balaban J connectivity index is 0.00000261. The van der Waals surface area contributed by atoms with Gasteiger partial charge in [0, 0.05) is 17.5 Å². The molecular formula is C20H29IN4OS. The van der Waals surface area contributed by atoms with Gasteiger partial charge in [0.25, 0.3) is 0 Å². The zero-order valence-electron chi connectivity index (χ0n) is 16.0. The Labute approximate surface area is 183 Å². The first-order valence-electron chi connectivity index (χ1n) is 9.44. The van der Waals surface area contributed by atoms with E-state index in [4.69, 9.17) is 9.73 Å². The van der Waals surface area contributed by atoms with Crippen LogP contribution in [0.4, 0.5) is 0 Å². The molecule has 1 aromatic carbocycles. The first-order chi connectivity index (χ1) is 12.8. The van der Waals surface area contributed by atoms with E-state index in [0.717, 1.165) is 48.5 Å². The SMILES string of the molecule is CCNC(=NCc1ccccc1OCC1CC1)NCc1csc(CC)n1.I. The maximum absolute atomic E-state index is 5.98. The number of benzene rings is 1. The number of thiazole rings is 1. The highest BCUT2D eigenvalue weighted by Gasteiger charge is 2.22. The Hall–Kier alpha value is -1.35. The predicted molar refractivity (Wildman–Crippen MR) is 123 cm³/mol. The molecule has 27 heavy (non-hydrogen) atoms. The van der Waals surface area contributed by atoms with Gasteiger partial charge in [-0.2, -0.15) is 0 Å². The van der Waals surface area contributed by atoms with Gasteiger partial charge < -0.3 is 15.4 Å². The van der Waals surface area contributed by atoms with Crippen molar-refractivity contribution in [3.05, 3.63) is 45.9 Å². The van der Waals surface area contributed by atoms with E-state index in [2.05, 4.69) is 40.9 Å². The fourth-order valence-electron chi connectivity index (χ4n) is 2.54. The van der Waals surface area contributed by atoms with Gasteiger partial charge in [-0.15, -0.1) is 35.3 Å². The van der Waals surface area contributed by atoms with Crippen molar-refractivity contribution in [1.82, 2.24) is 15.6 Å². The fraction of sp³-hybridized carbons (Fsp3) is 0.500. The van der Waals surface area contributed by atoms with Crippen LogP contribution in [0.1, 0.15) is 43.0 Å². The Bertz CT molecular complexity index is 730. The number of hydrogen-bond acceptors (Lipinski definition) is 4. The van der Waals surface area contributed by atoms with Crippen molar-refractivity contribution < 1.29 is 4.74 Å². The second-order valence-corrected chi connectivity index (χ2v) is 7.44. The zero-order valence-corrected chi connectivity index (χ0v) is 19.2. The summed E-state index contributed by atoms with van der Waals surface area (Å²) in [6.07, 6.45) is 3.58. The van der Waals surface area contributed by atoms with Gasteiger partial charge in [-0.1, -0.05) is 25.1 Å². The van der Waals surface area contributed by atoms with E-state index >= 15 is 0 Å². The summed E-state index contributed by atoms with van der Waals surface area (Å²) in [5.41, 5.74) is 2.18. The minimum absolute atomic E-state index is 0. The van der Waals surface area contributed by atoms with E-state index in [1.807, 2.05) is 18.2 Å². The van der Waals surface area contributed by atoms with Gasteiger partial charge in [0.1, 0.15) is 5.75 Å². The number of para-hydroxylation sites is 1. The number of aliphatic imine (C=N–C) groups is 1. The summed E-state index contributed by atoms with van der Waals surface area (Å²) >= 11 is 1.71. The van der Waals surface area contributed by atoms with Gasteiger partial charge in [0.15, 0.2) is 5.96 Å². The predicted octanol–water partition coefficient (Wildman–Crippen LogP) is 4.37. The summed E-state index contributed by atoms with van der Waals surface area (Å²) < 4.78 is 5.98. The Morgan fingerprint density at radius 1 is 1.26 bits per heavy atom. The number of nitrogens with one attached hydrogen (secondary N) is 2. The molecule has 2 N–H and O–H groups in total. The smallest absolute Gasteiger partial charge is 0.191 e. The van der Waals surface area contributed by atoms with E-state index in [9.17, 15) is 0 Å². The zero-order chi connectivity index (χ0) is 18.2. The lowest BCUT2D eigenvalue weighted by Gasteiger charge is -2.12. The number of aryl methyl sites for hydroxylation is 1. The molecule has 1 aromatic heterocycles. The van der Waals surface area contributed by atoms with E-state index in [1.54, 1.807) is 11.3 Å². The number of guanidine groups is 1. The van der Waals surface area contributed by atoms with Crippen molar-refractivity contribution in [2.75, 3.05) is 13.2 Å². The largest absolute Gasteiger partial charge is 0.493 e. The van der Waals surface area contributed by atoms with E-state index in [-0.39, 0.29) is 24.0 Å². The molecule has 0 atom stereocenters. The summed E-state index contributed by atoms with van der Waals surface area (Å²) in [4.78, 5) is 9.31. The lowest BCUT2D eigenvalue weighted by molar-refractivity contribution is 0.297. The molecule has 5 nitrogen and oxygen atoms in total. The highest BCUT2D eigenvalue weighted by molar-refractivity contribution is 14.0. The van der Waals surface area contributed by atoms with Crippen LogP contribution in [0.3, 0.4) is 0 Å². The summed E-state index contributed by atoms with van der Waals surface area (Å²) in [6, 6.07) is 8.18. The Morgan fingerprint density at radius 2 is 2.07 bits per heavy atom. The normalized spacial score (nSPS) is 13.8. The lowest BCUT2D eigenvalue weighted by atomic mass is 10.2. The monoisotopic (exact) mass is 500 g/mol. The number of ether oxygens (including phenoxy) is 1. The van der Waals surface area contributed by atoms with Crippen molar-refractivity contribution in [3.63, 3.8) is 0 Å². The average molecular weight is 500 g/mol. The molecule has 7 heteroatoms. The molecule has 0 unspecified atom stereocenters. The van der Waals surface area contributed by atoms with E-state index < -0.39 is 0 Å². The highest BCUT2D eigenvalue weighted by Crippen LogP contribution is 2.30. The average Bonchev–Trinajstić information content (AvgIpc) is 3.39. The molecular weight excluding hydrogens is 471 g/mol. The summed E-state index contributed by atoms with van der Waals surface area (Å²) in [6.45, 7) is 7.12. The van der Waals surface area contributed by atoms with Crippen molar-refractivity contribution in [3.8, 4) is 5.75 Å². The number of nitrogens with zero attached hydrogens (tertiary/aromatic N) is 2. The van der Waals surface area contributed by atoms with E-state index in [0.29, 0.717) is 13.1 Å². The van der Waals surface area contributed by atoms with Crippen LogP contribution >= 0.6 is 35.3 Å². The number of halogens is 1. The second-order valence-electron chi connectivity index (χ2n) is 6.50. The molecule has 1 fully saturated rings. The Morgan fingerprint density at radius 3 is 2.78 bits per heavy atom. The van der Waals surface area contributed by atoms with Crippen molar-refractivity contribution in [2.45, 2.75) is 46.2 Å². The van der Waals surface area contributed by atoms with Gasteiger partial charge in [-0.05, 0) is 38.2 Å². The number of hydrogen-bond donors (Lipinski definition) is 2. The quantitative estimate of drug-likeness (QED) is 0.305. The van der Waals surface area contributed by atoms with Crippen molar-refractivity contribution in [1.29, 1.82) is 0 Å². The van der Waals surface area contributed by atoms with E-state index in [1.165, 1.54) is 17.8 Å². The highest BCUT2D eigenvalue weighted by atomic mass is 127. The summed E-state index contributed by atoms with van der Waals surface area (Å²) in [7, 11) is 0. The van der Waals surface area contributed by atoms with Crippen LogP contribution in [-0.2, 0) is 19.5 Å². The molecule has 0 bridgehead atoms. The number of aromatic nitrogens is 1. The molecule has 0 saturated heterocycles. The van der Waals surface area contributed by atoms with Crippen molar-refractivity contribution >= 4 is 41.3 Å². The molecule has 1 heterocycles. The Kier molecular flexibility index (Phi) is 9.33. The molecule has 2 aromatic rings. The summed E-state index contributed by atoms with van der Waals surface area (Å²) in [5.74, 6) is 2.50. The second kappa shape index (κ2) is 11.5. The van der Waals surface area contributed by atoms with Gasteiger partial charge in [0.2, 0.25) is 0 Å². The van der Waals surface area contributed by atoms with Gasteiger partial charge in [-0.25, -0.2) is 9.98 Å². The third-order valence-electron chi connectivity index (χ3n) is 4.23. The minimum atomic E-state index is 0. The molecule has 0 aliphatic heterocycles. The maximum Gasteiger partial charge on any atom is 0.191 e. The van der Waals surface area contributed by atoms with Crippen LogP contribution in [0.5, 0.6) is 5.75 Å². The van der Waals surface area contributed by atoms with Gasteiger partial charge in [0.05, 0.1) is 30.4 Å². The van der Waals surface area contributed by atoms with Crippen molar-refractivity contribution in [2.24, 2.45) is 10.9 Å². The van der Waals surface area contributed by atoms with Gasteiger partial charge >= 0.3 is 0 Å². The first-order valence-corrected chi connectivity index (χ1v) is 10.3. The van der Waals surface area contributed by atoms with Crippen LogP contribution in [0, 0.1) is 5.92 Å². The molecule has 1 saturated carbocycles. The fourth-order valence-corrected chi connectivity index (χ4v) is 3.28.